The van der Waals surface area contributed by atoms with E-state index in [-0.39, 0.29) is 5.71 Å². The highest BCUT2D eigenvalue weighted by Crippen LogP contribution is 2.04. The average Bonchev–Trinajstić information content (AvgIpc) is 2.67. The molecular formula is C8H10N2O3S. The van der Waals surface area contributed by atoms with E-state index in [1.165, 1.54) is 18.4 Å². The quantitative estimate of drug-likeness (QED) is 0.427. The molecule has 0 spiro atoms. The molecule has 0 aliphatic rings. The number of oxime groups is 1. The topological polar surface area (TPSA) is 60.8 Å². The maximum atomic E-state index is 11.4. The lowest BCUT2D eigenvalue weighted by Gasteiger charge is -2.01. The Bertz CT molecular complexity index is 321. The van der Waals surface area contributed by atoms with Gasteiger partial charge in [0.25, 0.3) is 0 Å². The lowest BCUT2D eigenvalue weighted by Crippen LogP contribution is -2.19. The maximum Gasteiger partial charge on any atom is 0.362 e. The van der Waals surface area contributed by atoms with Crippen molar-refractivity contribution in [1.82, 2.24) is 4.98 Å². The minimum absolute atomic E-state index is 0.0931. The van der Waals surface area contributed by atoms with Gasteiger partial charge in [-0.1, -0.05) is 5.16 Å². The van der Waals surface area contributed by atoms with E-state index in [9.17, 15) is 4.79 Å². The fourth-order valence-corrected chi connectivity index (χ4v) is 1.35. The fourth-order valence-electron chi connectivity index (χ4n) is 0.809. The highest BCUT2D eigenvalue weighted by molar-refractivity contribution is 7.07. The molecule has 0 saturated heterocycles. The number of carbonyl (C=O) groups excluding carboxylic acids is 1. The van der Waals surface area contributed by atoms with E-state index in [1.807, 2.05) is 0 Å². The number of rotatable bonds is 4. The molecule has 76 valence electrons. The number of carbonyl (C=O) groups is 1. The van der Waals surface area contributed by atoms with Gasteiger partial charge in [-0.15, -0.1) is 11.3 Å². The van der Waals surface area contributed by atoms with Crippen LogP contribution in [0.2, 0.25) is 0 Å². The van der Waals surface area contributed by atoms with Crippen LogP contribution in [-0.4, -0.2) is 30.4 Å². The summed E-state index contributed by atoms with van der Waals surface area (Å²) in [4.78, 5) is 19.9. The van der Waals surface area contributed by atoms with Gasteiger partial charge in [0.15, 0.2) is 0 Å². The van der Waals surface area contributed by atoms with Crippen LogP contribution in [0.25, 0.3) is 0 Å². The summed E-state index contributed by atoms with van der Waals surface area (Å²) in [5, 5.41) is 5.27. The number of hydrogen-bond donors (Lipinski definition) is 0. The normalized spacial score (nSPS) is 11.1. The Morgan fingerprint density at radius 2 is 2.50 bits per heavy atom. The van der Waals surface area contributed by atoms with Crippen LogP contribution < -0.4 is 0 Å². The first kappa shape index (κ1) is 10.6. The molecule has 0 saturated carbocycles. The standard InChI is InChI=1S/C8H10N2O3S/c1-3-13-8(11)7(10-12-2)6-4-14-5-9-6/h4-5H,3H2,1-2H3. The molecule has 1 rings (SSSR count). The van der Waals surface area contributed by atoms with Gasteiger partial charge in [-0.2, -0.15) is 0 Å². The van der Waals surface area contributed by atoms with E-state index >= 15 is 0 Å². The predicted octanol–water partition coefficient (Wildman–Crippen LogP) is 1.06. The Morgan fingerprint density at radius 1 is 1.71 bits per heavy atom. The summed E-state index contributed by atoms with van der Waals surface area (Å²) in [6, 6.07) is 0. The second-order valence-electron chi connectivity index (χ2n) is 2.22. The molecule has 1 heterocycles. The van der Waals surface area contributed by atoms with Gasteiger partial charge in [-0.25, -0.2) is 9.78 Å². The van der Waals surface area contributed by atoms with Crippen molar-refractivity contribution >= 4 is 23.0 Å². The van der Waals surface area contributed by atoms with Crippen molar-refractivity contribution in [2.45, 2.75) is 6.92 Å². The van der Waals surface area contributed by atoms with Crippen molar-refractivity contribution in [3.05, 3.63) is 16.6 Å². The Balaban J connectivity index is 2.86. The maximum absolute atomic E-state index is 11.4. The Morgan fingerprint density at radius 3 is 3.00 bits per heavy atom. The first-order valence-corrected chi connectivity index (χ1v) is 4.90. The third-order valence-electron chi connectivity index (χ3n) is 1.33. The van der Waals surface area contributed by atoms with Gasteiger partial charge in [-0.05, 0) is 6.92 Å². The van der Waals surface area contributed by atoms with Gasteiger partial charge in [0, 0.05) is 5.38 Å². The van der Waals surface area contributed by atoms with Crippen LogP contribution in [0.4, 0.5) is 0 Å². The molecule has 14 heavy (non-hydrogen) atoms. The monoisotopic (exact) mass is 214 g/mol. The molecular weight excluding hydrogens is 204 g/mol. The molecule has 0 N–H and O–H groups in total. The molecule has 0 aromatic carbocycles. The third kappa shape index (κ3) is 2.53. The van der Waals surface area contributed by atoms with Crippen LogP contribution >= 0.6 is 11.3 Å². The summed E-state index contributed by atoms with van der Waals surface area (Å²) < 4.78 is 4.80. The molecule has 0 atom stereocenters. The number of ether oxygens (including phenoxy) is 1. The number of hydrogen-bond acceptors (Lipinski definition) is 6. The average molecular weight is 214 g/mol. The highest BCUT2D eigenvalue weighted by Gasteiger charge is 2.17. The Kier molecular flexibility index (Phi) is 4.06. The van der Waals surface area contributed by atoms with Crippen molar-refractivity contribution in [2.24, 2.45) is 5.16 Å². The summed E-state index contributed by atoms with van der Waals surface area (Å²) in [6.45, 7) is 2.02. The van der Waals surface area contributed by atoms with Crippen molar-refractivity contribution in [3.63, 3.8) is 0 Å². The van der Waals surface area contributed by atoms with E-state index < -0.39 is 5.97 Å². The van der Waals surface area contributed by atoms with Crippen LogP contribution in [0.5, 0.6) is 0 Å². The second kappa shape index (κ2) is 5.33. The van der Waals surface area contributed by atoms with Crippen molar-refractivity contribution < 1.29 is 14.4 Å². The summed E-state index contributed by atoms with van der Waals surface area (Å²) in [6.07, 6.45) is 0. The predicted molar refractivity (Wildman–Crippen MR) is 52.3 cm³/mol. The summed E-state index contributed by atoms with van der Waals surface area (Å²) in [7, 11) is 1.37. The van der Waals surface area contributed by atoms with Crippen LogP contribution in [-0.2, 0) is 14.4 Å². The molecule has 0 amide bonds. The minimum Gasteiger partial charge on any atom is -0.461 e. The molecule has 0 bridgehead atoms. The molecule has 5 nitrogen and oxygen atoms in total. The zero-order valence-electron chi connectivity index (χ0n) is 7.89. The van der Waals surface area contributed by atoms with E-state index in [0.29, 0.717) is 12.3 Å². The van der Waals surface area contributed by atoms with E-state index in [1.54, 1.807) is 17.8 Å². The zero-order chi connectivity index (χ0) is 10.4. The molecule has 0 fully saturated rings. The van der Waals surface area contributed by atoms with Gasteiger partial charge in [-0.3, -0.25) is 0 Å². The second-order valence-corrected chi connectivity index (χ2v) is 2.94. The number of esters is 1. The molecule has 0 unspecified atom stereocenters. The molecule has 0 aliphatic heterocycles. The molecule has 1 aromatic heterocycles. The first-order valence-electron chi connectivity index (χ1n) is 3.96. The van der Waals surface area contributed by atoms with Gasteiger partial charge in [0.05, 0.1) is 12.1 Å². The highest BCUT2D eigenvalue weighted by atomic mass is 32.1. The van der Waals surface area contributed by atoms with Gasteiger partial charge >= 0.3 is 5.97 Å². The largest absolute Gasteiger partial charge is 0.461 e. The minimum atomic E-state index is -0.528. The molecule has 1 aromatic rings. The van der Waals surface area contributed by atoms with E-state index in [0.717, 1.165) is 0 Å². The number of thiazole rings is 1. The Hall–Kier alpha value is -1.43. The van der Waals surface area contributed by atoms with Gasteiger partial charge in [0.2, 0.25) is 5.71 Å². The molecule has 0 radical (unpaired) electrons. The lowest BCUT2D eigenvalue weighted by atomic mass is 10.3. The Labute approximate surface area is 85.4 Å². The smallest absolute Gasteiger partial charge is 0.362 e. The molecule has 0 aliphatic carbocycles. The fraction of sp³-hybridized carbons (Fsp3) is 0.375. The number of nitrogens with zero attached hydrogens (tertiary/aromatic N) is 2. The van der Waals surface area contributed by atoms with Crippen LogP contribution in [0.1, 0.15) is 12.6 Å². The van der Waals surface area contributed by atoms with Crippen molar-refractivity contribution in [2.75, 3.05) is 13.7 Å². The van der Waals surface area contributed by atoms with Crippen molar-refractivity contribution in [3.8, 4) is 0 Å². The summed E-state index contributed by atoms with van der Waals surface area (Å²) in [5.74, 6) is -0.528. The van der Waals surface area contributed by atoms with E-state index in [4.69, 9.17) is 4.74 Å². The van der Waals surface area contributed by atoms with Crippen molar-refractivity contribution in [1.29, 1.82) is 0 Å². The first-order chi connectivity index (χ1) is 6.79. The van der Waals surface area contributed by atoms with Crippen LogP contribution in [0, 0.1) is 0 Å². The SMILES string of the molecule is CCOC(=O)C(=NOC)c1cscn1. The zero-order valence-corrected chi connectivity index (χ0v) is 8.71. The van der Waals surface area contributed by atoms with Crippen LogP contribution in [0.15, 0.2) is 16.0 Å². The van der Waals surface area contributed by atoms with Gasteiger partial charge < -0.3 is 9.57 Å². The van der Waals surface area contributed by atoms with Crippen LogP contribution in [0.3, 0.4) is 0 Å². The third-order valence-corrected chi connectivity index (χ3v) is 1.91. The summed E-state index contributed by atoms with van der Waals surface area (Å²) in [5.41, 5.74) is 2.17. The lowest BCUT2D eigenvalue weighted by molar-refractivity contribution is -0.135. The number of aromatic nitrogens is 1. The van der Waals surface area contributed by atoms with E-state index in [2.05, 4.69) is 15.0 Å². The summed E-state index contributed by atoms with van der Waals surface area (Å²) >= 11 is 1.37. The van der Waals surface area contributed by atoms with Gasteiger partial charge in [0.1, 0.15) is 12.8 Å². The molecule has 6 heteroatoms.